The molecule has 0 aliphatic carbocycles. The molecule has 26 heavy (non-hydrogen) atoms. The fourth-order valence-corrected chi connectivity index (χ4v) is 3.89. The molecule has 0 spiro atoms. The van der Waals surface area contributed by atoms with E-state index in [4.69, 9.17) is 0 Å². The van der Waals surface area contributed by atoms with Crippen LogP contribution in [0.5, 0.6) is 0 Å². The first-order valence-electron chi connectivity index (χ1n) is 9.61. The SMILES string of the molecule is CCNC(=NCC(C)(O)c1ccsc1)NCCCN1CCCCCC1.I. The molecule has 0 aromatic carbocycles. The fraction of sp³-hybridized carbons (Fsp3) is 0.737. The van der Waals surface area contributed by atoms with Crippen LogP contribution < -0.4 is 10.6 Å². The lowest BCUT2D eigenvalue weighted by atomic mass is 10.00. The van der Waals surface area contributed by atoms with Crippen LogP contribution in [0, 0.1) is 0 Å². The Morgan fingerprint density at radius 1 is 1.27 bits per heavy atom. The van der Waals surface area contributed by atoms with Crippen molar-refractivity contribution in [2.75, 3.05) is 39.3 Å². The first kappa shape index (κ1) is 23.7. The zero-order valence-electron chi connectivity index (χ0n) is 16.2. The summed E-state index contributed by atoms with van der Waals surface area (Å²) in [4.78, 5) is 7.16. The molecule has 2 rings (SSSR count). The van der Waals surface area contributed by atoms with Crippen LogP contribution in [-0.2, 0) is 5.60 Å². The van der Waals surface area contributed by atoms with Gasteiger partial charge in [-0.1, -0.05) is 12.8 Å². The van der Waals surface area contributed by atoms with Crippen molar-refractivity contribution in [3.63, 3.8) is 0 Å². The van der Waals surface area contributed by atoms with Crippen LogP contribution in [0.4, 0.5) is 0 Å². The van der Waals surface area contributed by atoms with E-state index in [0.717, 1.165) is 37.6 Å². The lowest BCUT2D eigenvalue weighted by molar-refractivity contribution is 0.0677. The van der Waals surface area contributed by atoms with E-state index in [1.54, 1.807) is 11.3 Å². The van der Waals surface area contributed by atoms with Crippen LogP contribution in [0.2, 0.25) is 0 Å². The normalized spacial score (nSPS) is 18.5. The van der Waals surface area contributed by atoms with Crippen molar-refractivity contribution in [3.8, 4) is 0 Å². The molecule has 150 valence electrons. The van der Waals surface area contributed by atoms with Gasteiger partial charge in [0.2, 0.25) is 0 Å². The quantitative estimate of drug-likeness (QED) is 0.225. The van der Waals surface area contributed by atoms with Gasteiger partial charge in [-0.05, 0) is 75.1 Å². The Bertz CT molecular complexity index is 500. The van der Waals surface area contributed by atoms with E-state index in [2.05, 4.69) is 27.4 Å². The molecule has 1 aromatic heterocycles. The fourth-order valence-electron chi connectivity index (χ4n) is 3.11. The summed E-state index contributed by atoms with van der Waals surface area (Å²) in [5, 5.41) is 21.2. The van der Waals surface area contributed by atoms with Crippen molar-refractivity contribution in [1.29, 1.82) is 0 Å². The molecule has 1 unspecified atom stereocenters. The summed E-state index contributed by atoms with van der Waals surface area (Å²) in [6, 6.07) is 1.96. The Hall–Kier alpha value is -0.380. The Labute approximate surface area is 179 Å². The molecule has 5 nitrogen and oxygen atoms in total. The average Bonchev–Trinajstić information content (AvgIpc) is 3.03. The van der Waals surface area contributed by atoms with E-state index < -0.39 is 5.60 Å². The van der Waals surface area contributed by atoms with Gasteiger partial charge in [0.1, 0.15) is 5.60 Å². The Balaban J connectivity index is 0.00000338. The van der Waals surface area contributed by atoms with Gasteiger partial charge in [0.15, 0.2) is 5.96 Å². The lowest BCUT2D eigenvalue weighted by Gasteiger charge is -2.22. The molecule has 1 aromatic rings. The standard InChI is InChI=1S/C19H34N4OS.HI/c1-3-20-18(22-16-19(2,24)17-9-14-25-15-17)21-10-8-13-23-11-6-4-5-7-12-23;/h9,14-15,24H,3-8,10-13,16H2,1-2H3,(H2,20,21,22);1H. The number of thiophene rings is 1. The second kappa shape index (κ2) is 12.9. The molecular weight excluding hydrogens is 459 g/mol. The molecule has 0 radical (unpaired) electrons. The molecule has 0 saturated carbocycles. The summed E-state index contributed by atoms with van der Waals surface area (Å²) in [6.45, 7) is 9.61. The van der Waals surface area contributed by atoms with E-state index in [9.17, 15) is 5.11 Å². The maximum Gasteiger partial charge on any atom is 0.191 e. The Morgan fingerprint density at radius 2 is 2.00 bits per heavy atom. The highest BCUT2D eigenvalue weighted by molar-refractivity contribution is 14.0. The molecule has 1 aliphatic rings. The van der Waals surface area contributed by atoms with Crippen molar-refractivity contribution in [2.45, 2.75) is 51.6 Å². The van der Waals surface area contributed by atoms with Gasteiger partial charge in [-0.15, -0.1) is 24.0 Å². The van der Waals surface area contributed by atoms with E-state index in [0.29, 0.717) is 6.54 Å². The van der Waals surface area contributed by atoms with Gasteiger partial charge >= 0.3 is 0 Å². The summed E-state index contributed by atoms with van der Waals surface area (Å²) in [5.41, 5.74) is 0.00673. The van der Waals surface area contributed by atoms with Gasteiger partial charge in [-0.2, -0.15) is 11.3 Å². The molecule has 1 aliphatic heterocycles. The van der Waals surface area contributed by atoms with E-state index in [1.807, 2.05) is 23.8 Å². The molecule has 0 amide bonds. The summed E-state index contributed by atoms with van der Waals surface area (Å²) >= 11 is 1.60. The minimum Gasteiger partial charge on any atom is -0.383 e. The largest absolute Gasteiger partial charge is 0.383 e. The Kier molecular flexibility index (Phi) is 11.7. The van der Waals surface area contributed by atoms with Gasteiger partial charge in [0.25, 0.3) is 0 Å². The number of halogens is 1. The minimum atomic E-state index is -0.922. The maximum absolute atomic E-state index is 10.6. The maximum atomic E-state index is 10.6. The number of aliphatic hydroxyl groups is 1. The number of rotatable bonds is 8. The first-order valence-corrected chi connectivity index (χ1v) is 10.6. The predicted octanol–water partition coefficient (Wildman–Crippen LogP) is 3.39. The summed E-state index contributed by atoms with van der Waals surface area (Å²) < 4.78 is 0. The van der Waals surface area contributed by atoms with Crippen LogP contribution in [0.3, 0.4) is 0 Å². The van der Waals surface area contributed by atoms with Crippen LogP contribution in [0.1, 0.15) is 51.5 Å². The number of hydrogen-bond donors (Lipinski definition) is 3. The van der Waals surface area contributed by atoms with Crippen LogP contribution >= 0.6 is 35.3 Å². The van der Waals surface area contributed by atoms with E-state index in [1.165, 1.54) is 38.8 Å². The van der Waals surface area contributed by atoms with Gasteiger partial charge in [0.05, 0.1) is 6.54 Å². The van der Waals surface area contributed by atoms with Crippen LogP contribution in [0.25, 0.3) is 0 Å². The summed E-state index contributed by atoms with van der Waals surface area (Å²) in [5.74, 6) is 0.786. The first-order chi connectivity index (χ1) is 12.1. The van der Waals surface area contributed by atoms with Crippen molar-refractivity contribution >= 4 is 41.3 Å². The second-order valence-electron chi connectivity index (χ2n) is 7.02. The van der Waals surface area contributed by atoms with E-state index in [-0.39, 0.29) is 24.0 Å². The second-order valence-corrected chi connectivity index (χ2v) is 7.80. The smallest absolute Gasteiger partial charge is 0.191 e. The van der Waals surface area contributed by atoms with Crippen molar-refractivity contribution in [3.05, 3.63) is 22.4 Å². The van der Waals surface area contributed by atoms with Gasteiger partial charge < -0.3 is 20.6 Å². The van der Waals surface area contributed by atoms with Crippen molar-refractivity contribution in [2.24, 2.45) is 4.99 Å². The summed E-state index contributed by atoms with van der Waals surface area (Å²) in [7, 11) is 0. The highest BCUT2D eigenvalue weighted by Crippen LogP contribution is 2.23. The van der Waals surface area contributed by atoms with Gasteiger partial charge in [-0.3, -0.25) is 0 Å². The molecule has 7 heteroatoms. The average molecular weight is 494 g/mol. The number of hydrogen-bond acceptors (Lipinski definition) is 4. The van der Waals surface area contributed by atoms with Crippen molar-refractivity contribution in [1.82, 2.24) is 15.5 Å². The van der Waals surface area contributed by atoms with Gasteiger partial charge in [-0.25, -0.2) is 4.99 Å². The molecule has 0 bridgehead atoms. The molecule has 1 fully saturated rings. The minimum absolute atomic E-state index is 0. The lowest BCUT2D eigenvalue weighted by Crippen LogP contribution is -2.40. The van der Waals surface area contributed by atoms with Crippen molar-refractivity contribution < 1.29 is 5.11 Å². The van der Waals surface area contributed by atoms with Crippen LogP contribution in [0.15, 0.2) is 21.8 Å². The zero-order chi connectivity index (χ0) is 18.0. The third kappa shape index (κ3) is 8.54. The molecule has 1 saturated heterocycles. The van der Waals surface area contributed by atoms with E-state index >= 15 is 0 Å². The third-order valence-electron chi connectivity index (χ3n) is 4.67. The number of nitrogens with zero attached hydrogens (tertiary/aromatic N) is 2. The number of guanidine groups is 1. The Morgan fingerprint density at radius 3 is 2.62 bits per heavy atom. The number of likely N-dealkylation sites (tertiary alicyclic amines) is 1. The predicted molar refractivity (Wildman–Crippen MR) is 123 cm³/mol. The van der Waals surface area contributed by atoms with Crippen LogP contribution in [-0.4, -0.2) is 55.2 Å². The van der Waals surface area contributed by atoms with Gasteiger partial charge in [0, 0.05) is 13.1 Å². The molecule has 2 heterocycles. The zero-order valence-corrected chi connectivity index (χ0v) is 19.3. The molecular formula is C19H35IN4OS. The molecule has 1 atom stereocenters. The highest BCUT2D eigenvalue weighted by atomic mass is 127. The highest BCUT2D eigenvalue weighted by Gasteiger charge is 2.23. The summed E-state index contributed by atoms with van der Waals surface area (Å²) in [6.07, 6.45) is 6.57. The topological polar surface area (TPSA) is 59.9 Å². The number of nitrogens with one attached hydrogen (secondary N) is 2. The third-order valence-corrected chi connectivity index (χ3v) is 5.36. The number of aliphatic imine (C=N–C) groups is 1. The monoisotopic (exact) mass is 494 g/mol. The molecule has 3 N–H and O–H groups in total.